The summed E-state index contributed by atoms with van der Waals surface area (Å²) in [5, 5.41) is 14.2. The van der Waals surface area contributed by atoms with Gasteiger partial charge in [-0.3, -0.25) is 0 Å². The molecule has 2 unspecified atom stereocenters. The van der Waals surface area contributed by atoms with E-state index in [1.807, 2.05) is 30.3 Å². The molecule has 0 aromatic heterocycles. The van der Waals surface area contributed by atoms with Crippen molar-refractivity contribution in [2.24, 2.45) is 0 Å². The minimum absolute atomic E-state index is 0.308. The van der Waals surface area contributed by atoms with Crippen LogP contribution in [0, 0.1) is 0 Å². The van der Waals surface area contributed by atoms with Gasteiger partial charge in [0.15, 0.2) is 0 Å². The fraction of sp³-hybridized carbons (Fsp3) is 0.625. The molecule has 0 radical (unpaired) electrons. The van der Waals surface area contributed by atoms with Gasteiger partial charge in [-0.15, -0.1) is 0 Å². The zero-order valence-corrected chi connectivity index (χ0v) is 11.8. The molecule has 2 N–H and O–H groups in total. The zero-order valence-electron chi connectivity index (χ0n) is 11.8. The van der Waals surface area contributed by atoms with E-state index in [4.69, 9.17) is 9.47 Å². The van der Waals surface area contributed by atoms with Crippen LogP contribution < -0.4 is 10.1 Å². The Hall–Kier alpha value is -1.10. The number of hydrogen-bond acceptors (Lipinski definition) is 4. The van der Waals surface area contributed by atoms with Crippen LogP contribution in [0.1, 0.15) is 25.7 Å². The largest absolute Gasteiger partial charge is 0.494 e. The maximum absolute atomic E-state index is 10.7. The molecule has 3 rings (SSSR count). The molecule has 110 valence electrons. The van der Waals surface area contributed by atoms with Gasteiger partial charge < -0.3 is 19.9 Å². The minimum atomic E-state index is -0.551. The normalized spacial score (nSPS) is 32.9. The molecule has 0 amide bonds. The first-order valence-corrected chi connectivity index (χ1v) is 7.48. The second-order valence-electron chi connectivity index (χ2n) is 6.00. The molecule has 2 atom stereocenters. The number of fused-ring (bicyclic) bond motifs is 2. The summed E-state index contributed by atoms with van der Waals surface area (Å²) in [6, 6.07) is 10.5. The highest BCUT2D eigenvalue weighted by Crippen LogP contribution is 2.31. The van der Waals surface area contributed by atoms with E-state index in [0.717, 1.165) is 44.6 Å². The number of ether oxygens (including phenoxy) is 2. The Morgan fingerprint density at radius 1 is 1.20 bits per heavy atom. The van der Waals surface area contributed by atoms with E-state index in [1.54, 1.807) is 0 Å². The number of morpholine rings is 1. The Labute approximate surface area is 120 Å². The van der Waals surface area contributed by atoms with Gasteiger partial charge in [0.25, 0.3) is 0 Å². The Balaban J connectivity index is 1.43. The molecule has 1 aromatic rings. The maximum atomic E-state index is 10.7. The van der Waals surface area contributed by atoms with Crippen molar-refractivity contribution >= 4 is 0 Å². The highest BCUT2D eigenvalue weighted by atomic mass is 16.5. The van der Waals surface area contributed by atoms with Crippen LogP contribution in [0.5, 0.6) is 5.75 Å². The summed E-state index contributed by atoms with van der Waals surface area (Å²) in [4.78, 5) is 0. The van der Waals surface area contributed by atoms with Crippen LogP contribution >= 0.6 is 0 Å². The molecular formula is C16H23NO3. The molecule has 2 bridgehead atoms. The van der Waals surface area contributed by atoms with Crippen LogP contribution in [-0.2, 0) is 4.74 Å². The molecule has 2 aliphatic heterocycles. The van der Waals surface area contributed by atoms with Gasteiger partial charge in [-0.25, -0.2) is 0 Å². The van der Waals surface area contributed by atoms with Gasteiger partial charge in [0.1, 0.15) is 5.75 Å². The fourth-order valence-corrected chi connectivity index (χ4v) is 3.33. The predicted octanol–water partition coefficient (Wildman–Crippen LogP) is 1.73. The molecule has 2 fully saturated rings. The first kappa shape index (κ1) is 13.9. The average Bonchev–Trinajstić information content (AvgIpc) is 2.44. The topological polar surface area (TPSA) is 50.7 Å². The number of benzene rings is 1. The van der Waals surface area contributed by atoms with Crippen molar-refractivity contribution in [3.05, 3.63) is 30.3 Å². The molecular weight excluding hydrogens is 254 g/mol. The van der Waals surface area contributed by atoms with Crippen LogP contribution in [0.2, 0.25) is 0 Å². The van der Waals surface area contributed by atoms with Crippen molar-refractivity contribution < 1.29 is 14.6 Å². The number of aliphatic hydroxyl groups is 1. The van der Waals surface area contributed by atoms with Crippen molar-refractivity contribution in [1.82, 2.24) is 5.32 Å². The highest BCUT2D eigenvalue weighted by molar-refractivity contribution is 5.20. The Bertz CT molecular complexity index is 411. The second-order valence-corrected chi connectivity index (χ2v) is 6.00. The number of rotatable bonds is 5. The summed E-state index contributed by atoms with van der Waals surface area (Å²) in [6.07, 6.45) is 3.25. The summed E-state index contributed by atoms with van der Waals surface area (Å²) in [5.41, 5.74) is -0.551. The lowest BCUT2D eigenvalue weighted by Crippen LogP contribution is -2.59. The predicted molar refractivity (Wildman–Crippen MR) is 76.9 cm³/mol. The molecule has 4 nitrogen and oxygen atoms in total. The van der Waals surface area contributed by atoms with E-state index in [2.05, 4.69) is 5.32 Å². The van der Waals surface area contributed by atoms with E-state index in [1.165, 1.54) is 0 Å². The SMILES string of the molecule is OC1(CCCOc2ccccc2)CC2COCC(C1)N2. The van der Waals surface area contributed by atoms with Crippen molar-refractivity contribution in [2.45, 2.75) is 43.4 Å². The number of piperidine rings is 1. The Morgan fingerprint density at radius 2 is 1.90 bits per heavy atom. The van der Waals surface area contributed by atoms with Gasteiger partial charge in [-0.05, 0) is 37.8 Å². The summed E-state index contributed by atoms with van der Waals surface area (Å²) in [5.74, 6) is 0.898. The van der Waals surface area contributed by atoms with E-state index < -0.39 is 5.60 Å². The Kier molecular flexibility index (Phi) is 4.24. The fourth-order valence-electron chi connectivity index (χ4n) is 3.33. The monoisotopic (exact) mass is 277 g/mol. The maximum Gasteiger partial charge on any atom is 0.119 e. The molecule has 1 aromatic carbocycles. The first-order valence-electron chi connectivity index (χ1n) is 7.48. The number of hydrogen-bond donors (Lipinski definition) is 2. The van der Waals surface area contributed by atoms with Gasteiger partial charge in [0.05, 0.1) is 25.4 Å². The smallest absolute Gasteiger partial charge is 0.119 e. The van der Waals surface area contributed by atoms with Gasteiger partial charge in [-0.2, -0.15) is 0 Å². The summed E-state index contributed by atoms with van der Waals surface area (Å²) in [6.45, 7) is 2.10. The lowest BCUT2D eigenvalue weighted by atomic mass is 9.80. The lowest BCUT2D eigenvalue weighted by Gasteiger charge is -2.45. The van der Waals surface area contributed by atoms with Crippen molar-refractivity contribution in [1.29, 1.82) is 0 Å². The minimum Gasteiger partial charge on any atom is -0.494 e. The zero-order chi connectivity index (χ0) is 13.8. The lowest BCUT2D eigenvalue weighted by molar-refractivity contribution is -0.0815. The molecule has 2 heterocycles. The first-order chi connectivity index (χ1) is 9.73. The molecule has 0 saturated carbocycles. The van der Waals surface area contributed by atoms with Gasteiger partial charge >= 0.3 is 0 Å². The third-order valence-corrected chi connectivity index (χ3v) is 4.16. The molecule has 4 heteroatoms. The van der Waals surface area contributed by atoms with E-state index in [-0.39, 0.29) is 0 Å². The van der Waals surface area contributed by atoms with Gasteiger partial charge in [0.2, 0.25) is 0 Å². The molecule has 20 heavy (non-hydrogen) atoms. The number of para-hydroxylation sites is 1. The molecule has 0 spiro atoms. The summed E-state index contributed by atoms with van der Waals surface area (Å²) < 4.78 is 11.2. The summed E-state index contributed by atoms with van der Waals surface area (Å²) in [7, 11) is 0. The molecule has 2 aliphatic rings. The summed E-state index contributed by atoms with van der Waals surface area (Å²) >= 11 is 0. The van der Waals surface area contributed by atoms with Crippen molar-refractivity contribution in [3.8, 4) is 5.75 Å². The second kappa shape index (κ2) is 6.12. The standard InChI is InChI=1S/C16H23NO3/c18-16(9-13-11-19-12-14(10-16)17-13)7-4-8-20-15-5-2-1-3-6-15/h1-3,5-6,13-14,17-18H,4,7-12H2. The van der Waals surface area contributed by atoms with E-state index in [9.17, 15) is 5.11 Å². The van der Waals surface area contributed by atoms with Crippen molar-refractivity contribution in [2.75, 3.05) is 19.8 Å². The van der Waals surface area contributed by atoms with Gasteiger partial charge in [-0.1, -0.05) is 18.2 Å². The quantitative estimate of drug-likeness (QED) is 0.805. The van der Waals surface area contributed by atoms with E-state index in [0.29, 0.717) is 18.7 Å². The van der Waals surface area contributed by atoms with Crippen LogP contribution in [0.4, 0.5) is 0 Å². The molecule has 0 aliphatic carbocycles. The van der Waals surface area contributed by atoms with Crippen LogP contribution in [0.25, 0.3) is 0 Å². The van der Waals surface area contributed by atoms with E-state index >= 15 is 0 Å². The van der Waals surface area contributed by atoms with Gasteiger partial charge in [0, 0.05) is 12.1 Å². The van der Waals surface area contributed by atoms with Crippen LogP contribution in [-0.4, -0.2) is 42.6 Å². The van der Waals surface area contributed by atoms with Crippen LogP contribution in [0.15, 0.2) is 30.3 Å². The third-order valence-electron chi connectivity index (χ3n) is 4.16. The van der Waals surface area contributed by atoms with Crippen molar-refractivity contribution in [3.63, 3.8) is 0 Å². The Morgan fingerprint density at radius 3 is 2.60 bits per heavy atom. The molecule has 2 saturated heterocycles. The average molecular weight is 277 g/mol. The number of nitrogens with one attached hydrogen (secondary N) is 1. The van der Waals surface area contributed by atoms with Crippen LogP contribution in [0.3, 0.4) is 0 Å². The highest BCUT2D eigenvalue weighted by Gasteiger charge is 2.40. The third kappa shape index (κ3) is 3.51.